The Hall–Kier alpha value is -2.64. The number of nitrogens with zero attached hydrogens (tertiary/aromatic N) is 3. The maximum Gasteiger partial charge on any atom is 0.417 e. The molecule has 1 aromatic carbocycles. The monoisotopic (exact) mass is 338 g/mol. The van der Waals surface area contributed by atoms with E-state index < -0.39 is 23.2 Å². The third kappa shape index (κ3) is 4.21. The summed E-state index contributed by atoms with van der Waals surface area (Å²) < 4.78 is 38.9. The van der Waals surface area contributed by atoms with Crippen molar-refractivity contribution < 1.29 is 18.0 Å². The Labute approximate surface area is 137 Å². The number of rotatable bonds is 4. The Kier molecular flexibility index (Phi) is 5.06. The molecule has 8 heteroatoms. The third-order valence-electron chi connectivity index (χ3n) is 3.23. The summed E-state index contributed by atoms with van der Waals surface area (Å²) in [7, 11) is 3.62. The van der Waals surface area contributed by atoms with Gasteiger partial charge in [-0.15, -0.1) is 0 Å². The van der Waals surface area contributed by atoms with E-state index in [4.69, 9.17) is 0 Å². The second-order valence-electron chi connectivity index (χ2n) is 5.40. The van der Waals surface area contributed by atoms with E-state index in [1.54, 1.807) is 17.9 Å². The van der Waals surface area contributed by atoms with Crippen LogP contribution in [0.1, 0.15) is 27.4 Å². The molecule has 0 spiro atoms. The lowest BCUT2D eigenvalue weighted by Gasteiger charge is -2.14. The van der Waals surface area contributed by atoms with Gasteiger partial charge in [-0.05, 0) is 19.1 Å². The van der Waals surface area contributed by atoms with Crippen LogP contribution < -0.4 is 10.2 Å². The minimum Gasteiger partial charge on any atom is -0.363 e. The Morgan fingerprint density at radius 2 is 1.88 bits per heavy atom. The van der Waals surface area contributed by atoms with Gasteiger partial charge in [-0.25, -0.2) is 9.97 Å². The van der Waals surface area contributed by atoms with Gasteiger partial charge in [0.2, 0.25) is 0 Å². The number of anilines is 1. The molecule has 0 aliphatic carbocycles. The molecule has 0 saturated heterocycles. The molecule has 0 bridgehead atoms. The number of benzene rings is 1. The Bertz CT molecular complexity index is 744. The predicted octanol–water partition coefficient (Wildman–Crippen LogP) is 2.80. The quantitative estimate of drug-likeness (QED) is 0.931. The van der Waals surface area contributed by atoms with Gasteiger partial charge in [-0.3, -0.25) is 4.79 Å². The summed E-state index contributed by atoms with van der Waals surface area (Å²) in [5.74, 6) is 0.165. The van der Waals surface area contributed by atoms with Crippen LogP contribution >= 0.6 is 0 Å². The maximum absolute atomic E-state index is 13.0. The summed E-state index contributed by atoms with van der Waals surface area (Å²) in [6.07, 6.45) is -4.59. The second kappa shape index (κ2) is 6.86. The van der Waals surface area contributed by atoms with Gasteiger partial charge in [0, 0.05) is 25.9 Å². The maximum atomic E-state index is 13.0. The summed E-state index contributed by atoms with van der Waals surface area (Å²) in [6.45, 7) is 1.71. The van der Waals surface area contributed by atoms with Crippen molar-refractivity contribution in [3.63, 3.8) is 0 Å². The van der Waals surface area contributed by atoms with Gasteiger partial charge in [-0.1, -0.05) is 12.1 Å². The molecule has 0 fully saturated rings. The van der Waals surface area contributed by atoms with Crippen LogP contribution in [-0.4, -0.2) is 30.0 Å². The Morgan fingerprint density at radius 3 is 2.50 bits per heavy atom. The first-order valence-electron chi connectivity index (χ1n) is 7.15. The molecule has 128 valence electrons. The van der Waals surface area contributed by atoms with Crippen molar-refractivity contribution in [2.24, 2.45) is 0 Å². The highest BCUT2D eigenvalue weighted by molar-refractivity contribution is 5.95. The number of hydrogen-bond donors (Lipinski definition) is 1. The summed E-state index contributed by atoms with van der Waals surface area (Å²) in [6, 6.07) is 6.41. The van der Waals surface area contributed by atoms with Crippen molar-refractivity contribution in [2.75, 3.05) is 19.0 Å². The van der Waals surface area contributed by atoms with E-state index >= 15 is 0 Å². The molecule has 24 heavy (non-hydrogen) atoms. The highest BCUT2D eigenvalue weighted by Crippen LogP contribution is 2.31. The van der Waals surface area contributed by atoms with Crippen LogP contribution in [0.15, 0.2) is 30.3 Å². The van der Waals surface area contributed by atoms with E-state index in [0.29, 0.717) is 17.3 Å². The zero-order valence-electron chi connectivity index (χ0n) is 13.5. The SMILES string of the molecule is Cc1cc(N(C)C)nc(CNC(=O)c2ccccc2C(F)(F)F)n1. The van der Waals surface area contributed by atoms with E-state index in [1.807, 2.05) is 14.1 Å². The first kappa shape index (κ1) is 17.7. The molecule has 0 unspecified atom stereocenters. The molecule has 1 aromatic heterocycles. The molecule has 0 aliphatic heterocycles. The molecule has 1 amide bonds. The second-order valence-corrected chi connectivity index (χ2v) is 5.40. The zero-order chi connectivity index (χ0) is 17.9. The number of carbonyl (C=O) groups is 1. The van der Waals surface area contributed by atoms with E-state index in [-0.39, 0.29) is 6.54 Å². The number of halogens is 3. The highest BCUT2D eigenvalue weighted by Gasteiger charge is 2.34. The van der Waals surface area contributed by atoms with E-state index in [0.717, 1.165) is 12.1 Å². The molecule has 0 radical (unpaired) electrons. The van der Waals surface area contributed by atoms with Crippen molar-refractivity contribution in [2.45, 2.75) is 19.6 Å². The minimum absolute atomic E-state index is 0.0620. The summed E-state index contributed by atoms with van der Waals surface area (Å²) in [5.41, 5.74) is -0.694. The van der Waals surface area contributed by atoms with Crippen LogP contribution in [0.2, 0.25) is 0 Å². The fraction of sp³-hybridized carbons (Fsp3) is 0.312. The fourth-order valence-electron chi connectivity index (χ4n) is 2.10. The Morgan fingerprint density at radius 1 is 1.21 bits per heavy atom. The molecule has 1 heterocycles. The molecule has 0 saturated carbocycles. The van der Waals surface area contributed by atoms with Crippen LogP contribution in [0.5, 0.6) is 0 Å². The average Bonchev–Trinajstić information content (AvgIpc) is 2.51. The van der Waals surface area contributed by atoms with Gasteiger partial charge in [0.25, 0.3) is 5.91 Å². The molecule has 2 aromatic rings. The molecular weight excluding hydrogens is 321 g/mol. The van der Waals surface area contributed by atoms with Crippen molar-refractivity contribution in [1.82, 2.24) is 15.3 Å². The summed E-state index contributed by atoms with van der Waals surface area (Å²) >= 11 is 0. The van der Waals surface area contributed by atoms with Gasteiger partial charge >= 0.3 is 6.18 Å². The molecule has 0 atom stereocenters. The van der Waals surface area contributed by atoms with Crippen LogP contribution in [0, 0.1) is 6.92 Å². The van der Waals surface area contributed by atoms with Crippen LogP contribution in [-0.2, 0) is 12.7 Å². The van der Waals surface area contributed by atoms with Crippen molar-refractivity contribution in [1.29, 1.82) is 0 Å². The van der Waals surface area contributed by atoms with Gasteiger partial charge < -0.3 is 10.2 Å². The third-order valence-corrected chi connectivity index (χ3v) is 3.23. The van der Waals surface area contributed by atoms with Crippen LogP contribution in [0.4, 0.5) is 19.0 Å². The van der Waals surface area contributed by atoms with E-state index in [2.05, 4.69) is 15.3 Å². The summed E-state index contributed by atoms with van der Waals surface area (Å²) in [5, 5.41) is 2.44. The van der Waals surface area contributed by atoms with Crippen LogP contribution in [0.25, 0.3) is 0 Å². The standard InChI is InChI=1S/C16H17F3N4O/c1-10-8-14(23(2)3)22-13(21-10)9-20-15(24)11-6-4-5-7-12(11)16(17,18)19/h4-8H,9H2,1-3H3,(H,20,24). The predicted molar refractivity (Wildman–Crippen MR) is 83.7 cm³/mol. The van der Waals surface area contributed by atoms with Gasteiger partial charge in [0.1, 0.15) is 11.6 Å². The van der Waals surface area contributed by atoms with Gasteiger partial charge in [-0.2, -0.15) is 13.2 Å². The van der Waals surface area contributed by atoms with Crippen molar-refractivity contribution >= 4 is 11.7 Å². The molecule has 2 rings (SSSR count). The van der Waals surface area contributed by atoms with E-state index in [9.17, 15) is 18.0 Å². The first-order valence-corrected chi connectivity index (χ1v) is 7.15. The highest BCUT2D eigenvalue weighted by atomic mass is 19.4. The summed E-state index contributed by atoms with van der Waals surface area (Å²) in [4.78, 5) is 22.3. The number of amides is 1. The lowest BCUT2D eigenvalue weighted by atomic mass is 10.1. The number of aryl methyl sites for hydroxylation is 1. The van der Waals surface area contributed by atoms with Gasteiger partial charge in [0.05, 0.1) is 17.7 Å². The topological polar surface area (TPSA) is 58.1 Å². The minimum atomic E-state index is -4.59. The number of alkyl halides is 3. The molecular formula is C16H17F3N4O. The first-order chi connectivity index (χ1) is 11.2. The lowest BCUT2D eigenvalue weighted by Crippen LogP contribution is -2.27. The number of nitrogens with one attached hydrogen (secondary N) is 1. The van der Waals surface area contributed by atoms with Crippen molar-refractivity contribution in [3.05, 3.63) is 53.0 Å². The number of hydrogen-bond acceptors (Lipinski definition) is 4. The van der Waals surface area contributed by atoms with E-state index in [1.165, 1.54) is 12.1 Å². The van der Waals surface area contributed by atoms with Crippen LogP contribution in [0.3, 0.4) is 0 Å². The largest absolute Gasteiger partial charge is 0.417 e. The fourth-order valence-corrected chi connectivity index (χ4v) is 2.10. The number of carbonyl (C=O) groups excluding carboxylic acids is 1. The average molecular weight is 338 g/mol. The normalized spacial score (nSPS) is 11.2. The zero-order valence-corrected chi connectivity index (χ0v) is 13.5. The van der Waals surface area contributed by atoms with Crippen molar-refractivity contribution in [3.8, 4) is 0 Å². The number of aromatic nitrogens is 2. The Balaban J connectivity index is 2.18. The molecule has 0 aliphatic rings. The smallest absolute Gasteiger partial charge is 0.363 e. The van der Waals surface area contributed by atoms with Gasteiger partial charge in [0.15, 0.2) is 0 Å². The molecule has 5 nitrogen and oxygen atoms in total. The lowest BCUT2D eigenvalue weighted by molar-refractivity contribution is -0.137. The molecule has 1 N–H and O–H groups in total.